The van der Waals surface area contributed by atoms with Crippen molar-refractivity contribution in [2.24, 2.45) is 5.73 Å². The number of nitrogens with two attached hydrogens (primary N) is 1. The van der Waals surface area contributed by atoms with Gasteiger partial charge < -0.3 is 10.3 Å². The van der Waals surface area contributed by atoms with Gasteiger partial charge in [-0.25, -0.2) is 0 Å². The van der Waals surface area contributed by atoms with Crippen LogP contribution in [0.25, 0.3) is 6.08 Å². The van der Waals surface area contributed by atoms with Gasteiger partial charge in [-0.2, -0.15) is 4.98 Å². The van der Waals surface area contributed by atoms with Crippen molar-refractivity contribution in [2.75, 3.05) is 0 Å². The average Bonchev–Trinajstić information content (AvgIpc) is 2.67. The Morgan fingerprint density at radius 3 is 2.60 bits per heavy atom. The molecule has 0 unspecified atom stereocenters. The minimum absolute atomic E-state index is 0. The Morgan fingerprint density at radius 1 is 1.27 bits per heavy atom. The van der Waals surface area contributed by atoms with Crippen LogP contribution in [0.2, 0.25) is 0 Å². The molecular weight excluding hydrogens is 214 g/mol. The third-order valence-electron chi connectivity index (χ3n) is 2.49. The molecular formula is C10H16ClN3O. The summed E-state index contributed by atoms with van der Waals surface area (Å²) in [5, 5.41) is 3.74. The molecule has 0 aromatic carbocycles. The molecule has 5 heteroatoms. The van der Waals surface area contributed by atoms with E-state index in [0.29, 0.717) is 18.3 Å². The lowest BCUT2D eigenvalue weighted by atomic mass is 9.95. The number of rotatable bonds is 2. The van der Waals surface area contributed by atoms with Gasteiger partial charge in [-0.1, -0.05) is 17.2 Å². The van der Waals surface area contributed by atoms with Crippen molar-refractivity contribution in [3.05, 3.63) is 17.3 Å². The summed E-state index contributed by atoms with van der Waals surface area (Å²) >= 11 is 0. The molecule has 1 fully saturated rings. The number of halogens is 1. The van der Waals surface area contributed by atoms with Crippen LogP contribution in [-0.2, 0) is 6.54 Å². The molecule has 0 saturated heterocycles. The molecule has 2 rings (SSSR count). The molecule has 0 amide bonds. The molecule has 1 heterocycles. The number of nitrogens with zero attached hydrogens (tertiary/aromatic N) is 2. The normalized spacial score (nSPS) is 15.9. The van der Waals surface area contributed by atoms with E-state index in [1.165, 1.54) is 37.7 Å². The predicted octanol–water partition coefficient (Wildman–Crippen LogP) is 2.30. The largest absolute Gasteiger partial charge is 0.335 e. The van der Waals surface area contributed by atoms with E-state index in [4.69, 9.17) is 10.3 Å². The summed E-state index contributed by atoms with van der Waals surface area (Å²) in [6.45, 7) is 0.340. The molecule has 4 nitrogen and oxygen atoms in total. The molecule has 1 saturated carbocycles. The van der Waals surface area contributed by atoms with Crippen LogP contribution < -0.4 is 5.73 Å². The lowest BCUT2D eigenvalue weighted by Crippen LogP contribution is -1.98. The Labute approximate surface area is 95.3 Å². The summed E-state index contributed by atoms with van der Waals surface area (Å²) in [5.74, 6) is 1.18. The smallest absolute Gasteiger partial charge is 0.250 e. The first-order valence-electron chi connectivity index (χ1n) is 5.10. The minimum Gasteiger partial charge on any atom is -0.335 e. The third-order valence-corrected chi connectivity index (χ3v) is 2.49. The highest BCUT2D eigenvalue weighted by atomic mass is 35.5. The van der Waals surface area contributed by atoms with E-state index >= 15 is 0 Å². The summed E-state index contributed by atoms with van der Waals surface area (Å²) < 4.78 is 5.04. The maximum atomic E-state index is 5.39. The zero-order chi connectivity index (χ0) is 9.80. The van der Waals surface area contributed by atoms with Crippen molar-refractivity contribution in [1.29, 1.82) is 0 Å². The second kappa shape index (κ2) is 5.88. The molecule has 1 aromatic rings. The van der Waals surface area contributed by atoms with Gasteiger partial charge >= 0.3 is 0 Å². The van der Waals surface area contributed by atoms with Crippen molar-refractivity contribution in [3.63, 3.8) is 0 Å². The Morgan fingerprint density at radius 2 is 2.00 bits per heavy atom. The zero-order valence-electron chi connectivity index (χ0n) is 8.61. The van der Waals surface area contributed by atoms with Crippen molar-refractivity contribution in [1.82, 2.24) is 10.1 Å². The first-order chi connectivity index (χ1) is 6.88. The van der Waals surface area contributed by atoms with Crippen LogP contribution in [0, 0.1) is 0 Å². The molecule has 1 aliphatic rings. The lowest BCUT2D eigenvalue weighted by molar-refractivity contribution is 0.402. The molecule has 1 aliphatic carbocycles. The molecule has 84 valence electrons. The SMILES string of the molecule is Cl.NCc1noc(C=C2CCCCC2)n1. The fourth-order valence-electron chi connectivity index (χ4n) is 1.73. The molecule has 0 atom stereocenters. The molecule has 2 N–H and O–H groups in total. The topological polar surface area (TPSA) is 64.9 Å². The van der Waals surface area contributed by atoms with Crippen LogP contribution in [0.3, 0.4) is 0 Å². The van der Waals surface area contributed by atoms with E-state index in [9.17, 15) is 0 Å². The van der Waals surface area contributed by atoms with Crippen molar-refractivity contribution in [3.8, 4) is 0 Å². The number of hydrogen-bond donors (Lipinski definition) is 1. The van der Waals surface area contributed by atoms with Gasteiger partial charge in [0, 0.05) is 6.08 Å². The molecule has 0 bridgehead atoms. The Kier molecular flexibility index (Phi) is 4.78. The van der Waals surface area contributed by atoms with Crippen molar-refractivity contribution >= 4 is 18.5 Å². The molecule has 1 aromatic heterocycles. The average molecular weight is 230 g/mol. The van der Waals surface area contributed by atoms with E-state index in [0.717, 1.165) is 0 Å². The summed E-state index contributed by atoms with van der Waals surface area (Å²) in [7, 11) is 0. The zero-order valence-corrected chi connectivity index (χ0v) is 9.42. The van der Waals surface area contributed by atoms with Gasteiger partial charge in [0.1, 0.15) is 0 Å². The van der Waals surface area contributed by atoms with Gasteiger partial charge in [0.05, 0.1) is 6.54 Å². The summed E-state index contributed by atoms with van der Waals surface area (Å²) in [4.78, 5) is 4.14. The van der Waals surface area contributed by atoms with Gasteiger partial charge in [-0.15, -0.1) is 12.4 Å². The molecule has 0 aliphatic heterocycles. The molecule has 15 heavy (non-hydrogen) atoms. The van der Waals surface area contributed by atoms with Crippen molar-refractivity contribution in [2.45, 2.75) is 38.6 Å². The van der Waals surface area contributed by atoms with Crippen LogP contribution in [0.4, 0.5) is 0 Å². The van der Waals surface area contributed by atoms with Gasteiger partial charge in [-0.05, 0) is 25.7 Å². The Balaban J connectivity index is 0.00000112. The number of aromatic nitrogens is 2. The fraction of sp³-hybridized carbons (Fsp3) is 0.600. The maximum absolute atomic E-state index is 5.39. The number of hydrogen-bond acceptors (Lipinski definition) is 4. The summed E-state index contributed by atoms with van der Waals surface area (Å²) in [6.07, 6.45) is 8.24. The minimum atomic E-state index is 0. The van der Waals surface area contributed by atoms with Gasteiger partial charge in [0.25, 0.3) is 5.89 Å². The fourth-order valence-corrected chi connectivity index (χ4v) is 1.73. The first kappa shape index (κ1) is 12.2. The van der Waals surface area contributed by atoms with Crippen LogP contribution in [0.15, 0.2) is 10.1 Å². The summed E-state index contributed by atoms with van der Waals surface area (Å²) in [6, 6.07) is 0. The van der Waals surface area contributed by atoms with Crippen LogP contribution in [0.1, 0.15) is 43.8 Å². The maximum Gasteiger partial charge on any atom is 0.250 e. The highest BCUT2D eigenvalue weighted by Gasteiger charge is 2.07. The van der Waals surface area contributed by atoms with Crippen molar-refractivity contribution < 1.29 is 4.52 Å². The van der Waals surface area contributed by atoms with Gasteiger partial charge in [0.15, 0.2) is 5.82 Å². The van der Waals surface area contributed by atoms with E-state index in [-0.39, 0.29) is 12.4 Å². The molecule has 0 radical (unpaired) electrons. The van der Waals surface area contributed by atoms with Gasteiger partial charge in [0.2, 0.25) is 0 Å². The highest BCUT2D eigenvalue weighted by molar-refractivity contribution is 5.85. The Hall–Kier alpha value is -0.870. The standard InChI is InChI=1S/C10H15N3O.ClH/c11-7-9-12-10(14-13-9)6-8-4-2-1-3-5-8;/h6H,1-5,7,11H2;1H. The quantitative estimate of drug-likeness (QED) is 0.845. The van der Waals surface area contributed by atoms with E-state index in [1.54, 1.807) is 0 Å². The summed E-state index contributed by atoms with van der Waals surface area (Å²) in [5.41, 5.74) is 6.81. The van der Waals surface area contributed by atoms with E-state index in [1.807, 2.05) is 6.08 Å². The molecule has 0 spiro atoms. The second-order valence-corrected chi connectivity index (χ2v) is 3.62. The Bertz CT molecular complexity index is 327. The van der Waals surface area contributed by atoms with Crippen LogP contribution in [0.5, 0.6) is 0 Å². The highest BCUT2D eigenvalue weighted by Crippen LogP contribution is 2.24. The van der Waals surface area contributed by atoms with Crippen LogP contribution >= 0.6 is 12.4 Å². The van der Waals surface area contributed by atoms with Gasteiger partial charge in [-0.3, -0.25) is 0 Å². The monoisotopic (exact) mass is 229 g/mol. The lowest BCUT2D eigenvalue weighted by Gasteiger charge is -2.11. The van der Waals surface area contributed by atoms with E-state index < -0.39 is 0 Å². The predicted molar refractivity (Wildman–Crippen MR) is 60.5 cm³/mol. The second-order valence-electron chi connectivity index (χ2n) is 3.62. The first-order valence-corrected chi connectivity index (χ1v) is 5.10. The third kappa shape index (κ3) is 3.32. The van der Waals surface area contributed by atoms with E-state index in [2.05, 4.69) is 10.1 Å². The number of allylic oxidation sites excluding steroid dienone is 1. The van der Waals surface area contributed by atoms with Crippen LogP contribution in [-0.4, -0.2) is 10.1 Å².